The number of H-pyrrole nitrogens is 1. The van der Waals surface area contributed by atoms with Crippen LogP contribution in [0.1, 0.15) is 41.2 Å². The van der Waals surface area contributed by atoms with Crippen LogP contribution in [0.15, 0.2) is 47.1 Å². The Hall–Kier alpha value is -3.06. The summed E-state index contributed by atoms with van der Waals surface area (Å²) in [5.74, 6) is -0.831. The van der Waals surface area contributed by atoms with Gasteiger partial charge in [0.25, 0.3) is 5.91 Å². The van der Waals surface area contributed by atoms with Crippen LogP contribution < -0.4 is 0 Å². The van der Waals surface area contributed by atoms with E-state index < -0.39 is 18.1 Å². The lowest BCUT2D eigenvalue weighted by molar-refractivity contribution is -0.151. The van der Waals surface area contributed by atoms with Gasteiger partial charge in [-0.1, -0.05) is 18.2 Å². The number of furan rings is 1. The van der Waals surface area contributed by atoms with Crippen LogP contribution in [-0.4, -0.2) is 57.4 Å². The Kier molecular flexibility index (Phi) is 4.43. The second-order valence-electron chi connectivity index (χ2n) is 8.32. The highest BCUT2D eigenvalue weighted by Crippen LogP contribution is 2.43. The molecule has 1 aromatic carbocycles. The van der Waals surface area contributed by atoms with Gasteiger partial charge in [-0.15, -0.1) is 0 Å². The highest BCUT2D eigenvalue weighted by molar-refractivity contribution is 5.93. The molecular weight excluding hydrogens is 382 g/mol. The van der Waals surface area contributed by atoms with Crippen LogP contribution in [0, 0.1) is 5.92 Å². The van der Waals surface area contributed by atoms with Crippen molar-refractivity contribution in [2.45, 2.75) is 38.0 Å². The number of rotatable bonds is 3. The molecule has 2 N–H and O–H groups in total. The largest absolute Gasteiger partial charge is 0.459 e. The van der Waals surface area contributed by atoms with Crippen LogP contribution in [0.2, 0.25) is 0 Å². The van der Waals surface area contributed by atoms with E-state index in [9.17, 15) is 14.7 Å². The Morgan fingerprint density at radius 1 is 1.30 bits per heavy atom. The lowest BCUT2D eigenvalue weighted by Crippen LogP contribution is -2.59. The quantitative estimate of drug-likeness (QED) is 0.699. The summed E-state index contributed by atoms with van der Waals surface area (Å²) in [5.41, 5.74) is 3.35. The first-order valence-electron chi connectivity index (χ1n) is 10.4. The molecule has 0 saturated carbocycles. The number of amides is 2. The molecule has 2 amide bonds. The molecule has 7 nitrogen and oxygen atoms in total. The van der Waals surface area contributed by atoms with Crippen molar-refractivity contribution in [3.63, 3.8) is 0 Å². The average Bonchev–Trinajstić information content (AvgIpc) is 3.40. The third-order valence-corrected chi connectivity index (χ3v) is 6.68. The van der Waals surface area contributed by atoms with Crippen LogP contribution in [0.5, 0.6) is 0 Å². The second kappa shape index (κ2) is 7.02. The van der Waals surface area contributed by atoms with Crippen LogP contribution >= 0.6 is 0 Å². The van der Waals surface area contributed by atoms with E-state index in [-0.39, 0.29) is 23.6 Å². The van der Waals surface area contributed by atoms with Crippen LogP contribution in [0.3, 0.4) is 0 Å². The minimum Gasteiger partial charge on any atom is -0.459 e. The summed E-state index contributed by atoms with van der Waals surface area (Å²) in [5, 5.41) is 11.7. The topological polar surface area (TPSA) is 89.8 Å². The van der Waals surface area contributed by atoms with Crippen LogP contribution in [-0.2, 0) is 11.2 Å². The number of nitrogens with one attached hydrogen (secondary N) is 1. The molecule has 4 atom stereocenters. The summed E-state index contributed by atoms with van der Waals surface area (Å²) < 4.78 is 5.28. The molecule has 5 rings (SSSR count). The minimum atomic E-state index is -0.862. The molecule has 30 heavy (non-hydrogen) atoms. The van der Waals surface area contributed by atoms with Crippen molar-refractivity contribution in [1.29, 1.82) is 0 Å². The summed E-state index contributed by atoms with van der Waals surface area (Å²) in [7, 11) is 1.68. The predicted molar refractivity (Wildman–Crippen MR) is 111 cm³/mol. The molecule has 2 aromatic heterocycles. The Morgan fingerprint density at radius 3 is 2.83 bits per heavy atom. The van der Waals surface area contributed by atoms with Gasteiger partial charge in [-0.05, 0) is 43.5 Å². The third-order valence-electron chi connectivity index (χ3n) is 6.68. The first-order chi connectivity index (χ1) is 14.5. The highest BCUT2D eigenvalue weighted by atomic mass is 16.3. The number of hydrogen-bond acceptors (Lipinski definition) is 4. The summed E-state index contributed by atoms with van der Waals surface area (Å²) >= 11 is 0. The fourth-order valence-corrected chi connectivity index (χ4v) is 5.21. The molecule has 0 spiro atoms. The fourth-order valence-electron chi connectivity index (χ4n) is 5.21. The molecule has 156 valence electrons. The maximum Gasteiger partial charge on any atom is 0.289 e. The lowest BCUT2D eigenvalue weighted by Gasteiger charge is -2.48. The number of piperidine rings is 1. The van der Waals surface area contributed by atoms with Gasteiger partial charge >= 0.3 is 0 Å². The minimum absolute atomic E-state index is 0.102. The predicted octanol–water partition coefficient (Wildman–Crippen LogP) is 2.73. The number of aromatic amines is 1. The van der Waals surface area contributed by atoms with Gasteiger partial charge in [0.2, 0.25) is 5.91 Å². The molecule has 2 aliphatic heterocycles. The van der Waals surface area contributed by atoms with E-state index in [0.717, 1.165) is 17.6 Å². The van der Waals surface area contributed by atoms with E-state index >= 15 is 0 Å². The number of carbonyl (C=O) groups excluding carboxylic acids is 2. The standard InChI is InChI=1S/C23H25N3O4/c1-13(27)20-17(25(2)22(28)19-8-5-11-30-19)12-18-21-15(9-10-26(18)23(20)29)14-6-3-4-7-16(14)24-21/h3-8,11,13,17-18,20,24,27H,9-10,12H2,1-2H3/t13-,17-,18-,20-/m0/s1. The maximum absolute atomic E-state index is 13.4. The Morgan fingerprint density at radius 2 is 2.10 bits per heavy atom. The number of benzene rings is 1. The van der Waals surface area contributed by atoms with Gasteiger partial charge in [0, 0.05) is 36.2 Å². The van der Waals surface area contributed by atoms with Crippen molar-refractivity contribution in [2.24, 2.45) is 5.92 Å². The van der Waals surface area contributed by atoms with Gasteiger partial charge in [0.1, 0.15) is 0 Å². The normalized spacial score (nSPS) is 24.4. The molecule has 4 heterocycles. The summed E-state index contributed by atoms with van der Waals surface area (Å²) in [4.78, 5) is 33.3. The molecule has 0 aliphatic carbocycles. The Labute approximate surface area is 174 Å². The van der Waals surface area contributed by atoms with Gasteiger partial charge < -0.3 is 24.3 Å². The number of para-hydroxylation sites is 1. The SMILES string of the molecule is C[C@H](O)[C@@H]1C(=O)N2CCc3c([nH]c4ccccc34)[C@@H]2C[C@@H]1N(C)C(=O)c1ccco1. The summed E-state index contributed by atoms with van der Waals surface area (Å²) in [6.45, 7) is 2.24. The Balaban J connectivity index is 1.55. The number of aliphatic hydroxyl groups excluding tert-OH is 1. The lowest BCUT2D eigenvalue weighted by atomic mass is 9.79. The number of nitrogens with zero attached hydrogens (tertiary/aromatic N) is 2. The van der Waals surface area contributed by atoms with E-state index in [2.05, 4.69) is 11.1 Å². The van der Waals surface area contributed by atoms with Crippen molar-refractivity contribution in [2.75, 3.05) is 13.6 Å². The zero-order valence-corrected chi connectivity index (χ0v) is 17.0. The molecule has 0 unspecified atom stereocenters. The highest BCUT2D eigenvalue weighted by Gasteiger charge is 2.49. The summed E-state index contributed by atoms with van der Waals surface area (Å²) in [6.07, 6.45) is 1.93. The van der Waals surface area contributed by atoms with Gasteiger partial charge in [0.05, 0.1) is 24.3 Å². The monoisotopic (exact) mass is 407 g/mol. The number of fused-ring (bicyclic) bond motifs is 5. The van der Waals surface area contributed by atoms with Crippen molar-refractivity contribution in [1.82, 2.24) is 14.8 Å². The van der Waals surface area contributed by atoms with Crippen molar-refractivity contribution in [3.8, 4) is 0 Å². The molecule has 0 bridgehead atoms. The molecule has 2 aliphatic rings. The van der Waals surface area contributed by atoms with Crippen molar-refractivity contribution >= 4 is 22.7 Å². The number of aliphatic hydroxyl groups is 1. The van der Waals surface area contributed by atoms with E-state index in [1.807, 2.05) is 23.1 Å². The number of aromatic nitrogens is 1. The number of hydrogen-bond donors (Lipinski definition) is 2. The average molecular weight is 407 g/mol. The van der Waals surface area contributed by atoms with E-state index in [0.29, 0.717) is 13.0 Å². The van der Waals surface area contributed by atoms with E-state index in [1.165, 1.54) is 17.2 Å². The van der Waals surface area contributed by atoms with Gasteiger partial charge in [0.15, 0.2) is 5.76 Å². The molecule has 1 saturated heterocycles. The molecule has 0 radical (unpaired) electrons. The third kappa shape index (κ3) is 2.76. The molecule has 1 fully saturated rings. The van der Waals surface area contributed by atoms with E-state index in [1.54, 1.807) is 31.0 Å². The van der Waals surface area contributed by atoms with Gasteiger partial charge in [-0.2, -0.15) is 0 Å². The second-order valence-corrected chi connectivity index (χ2v) is 8.32. The number of carbonyl (C=O) groups is 2. The smallest absolute Gasteiger partial charge is 0.289 e. The van der Waals surface area contributed by atoms with Gasteiger partial charge in [-0.25, -0.2) is 0 Å². The zero-order chi connectivity index (χ0) is 21.0. The fraction of sp³-hybridized carbons (Fsp3) is 0.391. The Bertz CT molecular complexity index is 1100. The van der Waals surface area contributed by atoms with E-state index in [4.69, 9.17) is 4.42 Å². The summed E-state index contributed by atoms with van der Waals surface area (Å²) in [6, 6.07) is 10.9. The zero-order valence-electron chi connectivity index (χ0n) is 17.0. The van der Waals surface area contributed by atoms with Gasteiger partial charge in [-0.3, -0.25) is 9.59 Å². The molecular formula is C23H25N3O4. The van der Waals surface area contributed by atoms with Crippen LogP contribution in [0.25, 0.3) is 10.9 Å². The van der Waals surface area contributed by atoms with Crippen LogP contribution in [0.4, 0.5) is 0 Å². The first-order valence-corrected chi connectivity index (χ1v) is 10.4. The first kappa shape index (κ1) is 18.9. The maximum atomic E-state index is 13.4. The molecule has 3 aromatic rings. The molecule has 7 heteroatoms. The van der Waals surface area contributed by atoms with Crippen molar-refractivity contribution in [3.05, 3.63) is 59.7 Å². The van der Waals surface area contributed by atoms with Crippen molar-refractivity contribution < 1.29 is 19.1 Å².